The van der Waals surface area contributed by atoms with E-state index in [0.29, 0.717) is 0 Å². The summed E-state index contributed by atoms with van der Waals surface area (Å²) in [6, 6.07) is 136. The third-order valence-electron chi connectivity index (χ3n) is 25.6. The number of rotatable bonds is 6. The highest BCUT2D eigenvalue weighted by atomic mass is 32.1. The Morgan fingerprint density at radius 1 is 0.224 bits per heavy atom. The molecule has 0 aliphatic carbocycles. The van der Waals surface area contributed by atoms with Gasteiger partial charge in [0.15, 0.2) is 5.82 Å². The molecule has 0 aliphatic heterocycles. The number of pyridine rings is 2. The number of para-hydroxylation sites is 5. The zero-order valence-corrected chi connectivity index (χ0v) is 77.2. The van der Waals surface area contributed by atoms with Crippen LogP contribution in [0, 0.1) is 0 Å². The highest BCUT2D eigenvalue weighted by molar-refractivity contribution is 7.26. The fourth-order valence-electron chi connectivity index (χ4n) is 19.6. The Labute approximate surface area is 794 Å². The standard InChI is InChI=1S/C26H17NS2.C24H15N3S.2C23H14N2S.C22H13NS2/c1-2-6-16-27(24-18(8-3-1)13-14-19-15-17-28-25(19)24)22-11-7-10-21-20-9-4-5-12-23(20)29-26(21)22;1-2-6-16(7-3-1)20-14-26-22(15-25-20)27-21-9-5-4-8-18(21)19-11-10-17-12-13-28-24(17)23(19)27;1-3-7-19-15(5-1)10-12-21(24-19)25-20-8-4-2-6-17(20)18-11-9-16-13-14-26-23(16)22(18)25;1-2-6-17-16(5-1)13-24-14-21(17)25-20-8-4-3-7-18(20)19-10-9-15-11-12-26-23(15)22(19)25;1-4-8-19-15(5-1)13-20(25-19)23-18-7-3-2-6-16(18)17-10-9-14-11-12-24-22(14)21(17)23/h1-17H;1-15H;2*1-14H;1-13H. The van der Waals surface area contributed by atoms with E-state index >= 15 is 0 Å². The predicted octanol–water partition coefficient (Wildman–Crippen LogP) is 35.1. The number of hydrogen-bond donors (Lipinski definition) is 0. The number of benzene rings is 15. The van der Waals surface area contributed by atoms with E-state index in [2.05, 4.69) is 419 Å². The summed E-state index contributed by atoms with van der Waals surface area (Å²) in [4.78, 5) is 19.0. The minimum Gasteiger partial charge on any atom is -0.314 e. The van der Waals surface area contributed by atoms with Crippen molar-refractivity contribution in [3.05, 3.63) is 440 Å². The molecule has 0 N–H and O–H groups in total. The second-order valence-corrected chi connectivity index (χ2v) is 39.8. The van der Waals surface area contributed by atoms with Gasteiger partial charge in [-0.15, -0.1) is 79.4 Å². The molecular weight excluding hydrogens is 1770 g/mol. The largest absolute Gasteiger partial charge is 0.314 e. The van der Waals surface area contributed by atoms with E-state index in [9.17, 15) is 0 Å². The Morgan fingerprint density at radius 3 is 1.25 bits per heavy atom. The average molecular weight is 1840 g/mol. The average Bonchev–Trinajstić information content (AvgIpc) is 1.58. The summed E-state index contributed by atoms with van der Waals surface area (Å²) in [6.07, 6.45) is 9.86. The van der Waals surface area contributed by atoms with Gasteiger partial charge in [0, 0.05) is 97.4 Å². The summed E-state index contributed by atoms with van der Waals surface area (Å²) in [5.74, 6) is 1.81. The molecule has 0 aliphatic rings. The van der Waals surface area contributed by atoms with Gasteiger partial charge in [-0.25, -0.2) is 9.97 Å². The lowest BCUT2D eigenvalue weighted by Crippen LogP contribution is -1.99. The van der Waals surface area contributed by atoms with Crippen molar-refractivity contribution < 1.29 is 0 Å². The van der Waals surface area contributed by atoms with Gasteiger partial charge in [0.2, 0.25) is 0 Å². The summed E-state index contributed by atoms with van der Waals surface area (Å²) in [5, 5.41) is 37.6. The highest BCUT2D eigenvalue weighted by Crippen LogP contribution is 2.47. The maximum Gasteiger partial charge on any atom is 0.156 e. The van der Waals surface area contributed by atoms with Crippen LogP contribution in [0.1, 0.15) is 0 Å². The second kappa shape index (κ2) is 33.3. The number of aromatic nitrogens is 9. The molecule has 0 fully saturated rings. The smallest absolute Gasteiger partial charge is 0.156 e. The first-order valence-electron chi connectivity index (χ1n) is 44.4. The molecule has 0 saturated carbocycles. The number of thiophene rings is 7. The summed E-state index contributed by atoms with van der Waals surface area (Å²) in [5.41, 5.74) is 16.5. The zero-order chi connectivity index (χ0) is 88.3. The van der Waals surface area contributed by atoms with E-state index in [0.717, 1.165) is 45.0 Å². The van der Waals surface area contributed by atoms with Gasteiger partial charge in [-0.05, 0) is 168 Å². The van der Waals surface area contributed by atoms with Crippen LogP contribution in [-0.4, -0.2) is 42.8 Å². The zero-order valence-electron chi connectivity index (χ0n) is 71.5. The van der Waals surface area contributed by atoms with E-state index < -0.39 is 0 Å². The Balaban J connectivity index is 0.0000000874. The lowest BCUT2D eigenvalue weighted by atomic mass is 10.1. The van der Waals surface area contributed by atoms with Crippen LogP contribution >= 0.6 is 79.4 Å². The van der Waals surface area contributed by atoms with Crippen LogP contribution in [0.25, 0.3) is 240 Å². The minimum absolute atomic E-state index is 0.840. The molecule has 9 nitrogen and oxygen atoms in total. The Morgan fingerprint density at radius 2 is 0.657 bits per heavy atom. The predicted molar refractivity (Wildman–Crippen MR) is 581 cm³/mol. The van der Waals surface area contributed by atoms with Crippen LogP contribution < -0.4 is 0 Å². The molecule has 0 spiro atoms. The van der Waals surface area contributed by atoms with Gasteiger partial charge in [-0.2, -0.15) is 0 Å². The monoisotopic (exact) mass is 1840 g/mol. The molecule has 0 saturated heterocycles. The van der Waals surface area contributed by atoms with Gasteiger partial charge in [-0.3, -0.25) is 23.7 Å². The minimum atomic E-state index is 0.840. The third kappa shape index (κ3) is 13.5. The van der Waals surface area contributed by atoms with Crippen LogP contribution in [0.3, 0.4) is 0 Å². The maximum atomic E-state index is 4.98. The van der Waals surface area contributed by atoms with Crippen molar-refractivity contribution in [1.82, 2.24) is 42.8 Å². The molecule has 15 aromatic heterocycles. The first kappa shape index (κ1) is 79.4. The van der Waals surface area contributed by atoms with Gasteiger partial charge < -0.3 is 9.13 Å². The summed E-state index contributed by atoms with van der Waals surface area (Å²) in [7, 11) is 0. The molecule has 15 heterocycles. The Kier molecular flexibility index (Phi) is 19.7. The van der Waals surface area contributed by atoms with Crippen molar-refractivity contribution in [2.24, 2.45) is 0 Å². The lowest BCUT2D eigenvalue weighted by molar-refractivity contribution is 1.05. The summed E-state index contributed by atoms with van der Waals surface area (Å²) in [6.45, 7) is 0. The Bertz CT molecular complexity index is 9860. The first-order valence-corrected chi connectivity index (χ1v) is 50.4. The van der Waals surface area contributed by atoms with Gasteiger partial charge >= 0.3 is 0 Å². The second-order valence-electron chi connectivity index (χ2n) is 33.2. The van der Waals surface area contributed by atoms with Gasteiger partial charge in [0.1, 0.15) is 10.8 Å². The maximum absolute atomic E-state index is 4.98. The van der Waals surface area contributed by atoms with Crippen LogP contribution in [0.15, 0.2) is 440 Å². The molecule has 632 valence electrons. The molecule has 30 rings (SSSR count). The molecule has 0 amide bonds. The molecule has 15 aromatic carbocycles. The fraction of sp³-hybridized carbons (Fsp3) is 0. The lowest BCUT2D eigenvalue weighted by Gasteiger charge is -2.11. The van der Waals surface area contributed by atoms with E-state index in [1.807, 2.05) is 94.4 Å². The molecule has 0 radical (unpaired) electrons. The normalized spacial score (nSPS) is 11.7. The molecule has 0 atom stereocenters. The van der Waals surface area contributed by atoms with Crippen molar-refractivity contribution in [3.8, 4) is 39.3 Å². The van der Waals surface area contributed by atoms with Crippen LogP contribution in [-0.2, 0) is 0 Å². The van der Waals surface area contributed by atoms with Gasteiger partial charge in [0.05, 0.1) is 119 Å². The van der Waals surface area contributed by atoms with E-state index in [1.165, 1.54) is 195 Å². The van der Waals surface area contributed by atoms with E-state index in [1.54, 1.807) is 34.0 Å². The summed E-state index contributed by atoms with van der Waals surface area (Å²) >= 11 is 12.7. The third-order valence-corrected chi connectivity index (χ3v) is 32.6. The van der Waals surface area contributed by atoms with Crippen molar-refractivity contribution in [2.45, 2.75) is 0 Å². The van der Waals surface area contributed by atoms with Crippen molar-refractivity contribution in [3.63, 3.8) is 0 Å². The Hall–Kier alpha value is -15.6. The van der Waals surface area contributed by atoms with Crippen molar-refractivity contribution in [2.75, 3.05) is 0 Å². The van der Waals surface area contributed by atoms with Crippen LogP contribution in [0.2, 0.25) is 0 Å². The molecule has 0 unspecified atom stereocenters. The number of hydrogen-bond acceptors (Lipinski definition) is 11. The molecule has 0 bridgehead atoms. The molecule has 16 heteroatoms. The fourth-order valence-corrected chi connectivity index (χ4v) is 26.6. The first-order chi connectivity index (χ1) is 66.5. The van der Waals surface area contributed by atoms with E-state index in [4.69, 9.17) is 15.0 Å². The SMILES string of the molecule is c1ccc(-c2cnc(-n3c4ccccc4c4ccc5ccsc5c43)cn2)cc1.c1ccc2c(-n3c4ccccc4c4ccc5ccsc5c43)cncc2c1.c1ccc2nc(-n3c4ccccc4c4ccc5ccsc5c43)ccc2c1.c1ccc2sc(-n3c4ccccc4c4ccc5ccsc5c43)cc2c1.c1cccn(-c2cccc3c2sc2ccccc23)c2c(cc1)ccc1ccsc12. The quantitative estimate of drug-likeness (QED) is 0.166. The summed E-state index contributed by atoms with van der Waals surface area (Å²) < 4.78 is 22.4. The van der Waals surface area contributed by atoms with Crippen LogP contribution in [0.4, 0.5) is 0 Å². The highest BCUT2D eigenvalue weighted by Gasteiger charge is 2.24. The molecule has 134 heavy (non-hydrogen) atoms. The van der Waals surface area contributed by atoms with Gasteiger partial charge in [-0.1, -0.05) is 279 Å². The number of fused-ring (bicyclic) bond motifs is 29. The topological polar surface area (TPSA) is 76.2 Å². The van der Waals surface area contributed by atoms with Crippen molar-refractivity contribution in [1.29, 1.82) is 0 Å². The van der Waals surface area contributed by atoms with Crippen molar-refractivity contribution >= 4 is 280 Å². The van der Waals surface area contributed by atoms with Crippen LogP contribution in [0.5, 0.6) is 0 Å². The number of nitrogens with zero attached hydrogens (tertiary/aromatic N) is 9. The van der Waals surface area contributed by atoms with Gasteiger partial charge in [0.25, 0.3) is 0 Å². The molecule has 30 aromatic rings. The van der Waals surface area contributed by atoms with E-state index in [-0.39, 0.29) is 0 Å². The molecular formula is C118H73N9S7.